The van der Waals surface area contributed by atoms with E-state index in [0.29, 0.717) is 21.8 Å². The van der Waals surface area contributed by atoms with Crippen molar-refractivity contribution in [2.24, 2.45) is 0 Å². The molecule has 0 aromatic carbocycles. The van der Waals surface area contributed by atoms with Crippen LogP contribution in [0.5, 0.6) is 0 Å². The number of amides is 1. The summed E-state index contributed by atoms with van der Waals surface area (Å²) in [5, 5.41) is 3.95. The van der Waals surface area contributed by atoms with Gasteiger partial charge in [-0.2, -0.15) is 0 Å². The van der Waals surface area contributed by atoms with Gasteiger partial charge >= 0.3 is 0 Å². The van der Waals surface area contributed by atoms with Crippen LogP contribution in [-0.2, 0) is 0 Å². The topological polar surface area (TPSA) is 71.0 Å². The quantitative estimate of drug-likeness (QED) is 0.926. The molecule has 4 heterocycles. The van der Waals surface area contributed by atoms with Gasteiger partial charge in [0.2, 0.25) is 0 Å². The molecule has 2 aromatic heterocycles. The molecule has 0 unspecified atom stereocenters. The van der Waals surface area contributed by atoms with Crippen molar-refractivity contribution in [2.45, 2.75) is 44.7 Å². The van der Waals surface area contributed by atoms with Crippen LogP contribution in [0.15, 0.2) is 18.5 Å². The lowest BCUT2D eigenvalue weighted by Crippen LogP contribution is -2.46. The van der Waals surface area contributed by atoms with Gasteiger partial charge in [-0.15, -0.1) is 11.3 Å². The third kappa shape index (κ3) is 2.93. The number of thiazole rings is 1. The molecule has 0 aliphatic carbocycles. The summed E-state index contributed by atoms with van der Waals surface area (Å²) in [4.78, 5) is 28.9. The zero-order valence-corrected chi connectivity index (χ0v) is 14.6. The second-order valence-electron chi connectivity index (χ2n) is 6.47. The maximum Gasteiger partial charge on any atom is 0.263 e. The number of carbonyl (C=O) groups excluding carboxylic acids is 1. The van der Waals surface area contributed by atoms with Crippen molar-refractivity contribution in [1.82, 2.24) is 25.2 Å². The highest BCUT2D eigenvalue weighted by Crippen LogP contribution is 2.29. The molecule has 0 bridgehead atoms. The van der Waals surface area contributed by atoms with Crippen LogP contribution in [0.1, 0.15) is 41.0 Å². The SMILES string of the molecule is Cc1nc(-c2ncccn2)sc1C(=O)N[C@@H]1CCN2CCCC[C@H]12. The van der Waals surface area contributed by atoms with Crippen LogP contribution in [0.4, 0.5) is 0 Å². The van der Waals surface area contributed by atoms with Gasteiger partial charge in [0, 0.05) is 31.0 Å². The number of fused-ring (bicyclic) bond motifs is 1. The summed E-state index contributed by atoms with van der Waals surface area (Å²) < 4.78 is 0. The molecule has 0 saturated carbocycles. The predicted molar refractivity (Wildman–Crippen MR) is 93.0 cm³/mol. The van der Waals surface area contributed by atoms with Gasteiger partial charge in [0.05, 0.1) is 5.69 Å². The lowest BCUT2D eigenvalue weighted by molar-refractivity contribution is 0.0918. The van der Waals surface area contributed by atoms with Crippen molar-refractivity contribution in [1.29, 1.82) is 0 Å². The average Bonchev–Trinajstić information content (AvgIpc) is 3.20. The molecule has 2 aliphatic rings. The molecule has 6 nitrogen and oxygen atoms in total. The van der Waals surface area contributed by atoms with Crippen LogP contribution < -0.4 is 5.32 Å². The molecule has 2 aliphatic heterocycles. The molecule has 0 radical (unpaired) electrons. The lowest BCUT2D eigenvalue weighted by atomic mass is 9.99. The first-order chi connectivity index (χ1) is 11.7. The Morgan fingerprint density at radius 2 is 2.08 bits per heavy atom. The Hall–Kier alpha value is -1.86. The maximum atomic E-state index is 12.7. The Labute approximate surface area is 145 Å². The largest absolute Gasteiger partial charge is 0.347 e. The minimum atomic E-state index is -0.00963. The highest BCUT2D eigenvalue weighted by atomic mass is 32.1. The smallest absolute Gasteiger partial charge is 0.263 e. The highest BCUT2D eigenvalue weighted by Gasteiger charge is 2.36. The van der Waals surface area contributed by atoms with E-state index in [1.165, 1.54) is 37.1 Å². The molecule has 2 fully saturated rings. The zero-order chi connectivity index (χ0) is 16.5. The Bertz CT molecular complexity index is 732. The monoisotopic (exact) mass is 343 g/mol. The van der Waals surface area contributed by atoms with E-state index in [1.54, 1.807) is 18.5 Å². The number of hydrogen-bond acceptors (Lipinski definition) is 6. The van der Waals surface area contributed by atoms with E-state index in [2.05, 4.69) is 25.2 Å². The van der Waals surface area contributed by atoms with Gasteiger partial charge in [0.1, 0.15) is 4.88 Å². The Morgan fingerprint density at radius 3 is 2.92 bits per heavy atom. The summed E-state index contributed by atoms with van der Waals surface area (Å²) in [5.41, 5.74) is 0.749. The molecule has 0 spiro atoms. The summed E-state index contributed by atoms with van der Waals surface area (Å²) in [6.45, 7) is 4.14. The number of aromatic nitrogens is 3. The third-order valence-corrected chi connectivity index (χ3v) is 6.08. The molecule has 1 N–H and O–H groups in total. The van der Waals surface area contributed by atoms with E-state index in [-0.39, 0.29) is 11.9 Å². The van der Waals surface area contributed by atoms with E-state index < -0.39 is 0 Å². The number of piperidine rings is 1. The molecule has 1 amide bonds. The fourth-order valence-corrected chi connectivity index (χ4v) is 4.68. The second kappa shape index (κ2) is 6.57. The van der Waals surface area contributed by atoms with E-state index in [0.717, 1.165) is 18.7 Å². The number of hydrogen-bond donors (Lipinski definition) is 1. The van der Waals surface area contributed by atoms with Gasteiger partial charge in [0.15, 0.2) is 10.8 Å². The first-order valence-electron chi connectivity index (χ1n) is 8.52. The van der Waals surface area contributed by atoms with Gasteiger partial charge in [-0.1, -0.05) is 6.42 Å². The summed E-state index contributed by atoms with van der Waals surface area (Å²) in [6.07, 6.45) is 8.16. The van der Waals surface area contributed by atoms with E-state index in [9.17, 15) is 4.79 Å². The fraction of sp³-hybridized carbons (Fsp3) is 0.529. The molecule has 2 aromatic rings. The van der Waals surface area contributed by atoms with E-state index in [1.807, 2.05) is 6.92 Å². The van der Waals surface area contributed by atoms with Crippen molar-refractivity contribution >= 4 is 17.2 Å². The summed E-state index contributed by atoms with van der Waals surface area (Å²) in [5.74, 6) is 0.563. The summed E-state index contributed by atoms with van der Waals surface area (Å²) >= 11 is 1.37. The van der Waals surface area contributed by atoms with Crippen LogP contribution >= 0.6 is 11.3 Å². The molecule has 4 rings (SSSR count). The Kier molecular flexibility index (Phi) is 4.28. The number of aryl methyl sites for hydroxylation is 1. The van der Waals surface area contributed by atoms with Gasteiger partial charge in [-0.05, 0) is 38.8 Å². The molecule has 2 saturated heterocycles. The van der Waals surface area contributed by atoms with Gasteiger partial charge in [-0.25, -0.2) is 15.0 Å². The number of carbonyl (C=O) groups is 1. The van der Waals surface area contributed by atoms with Crippen molar-refractivity contribution < 1.29 is 4.79 Å². The summed E-state index contributed by atoms with van der Waals surface area (Å²) in [7, 11) is 0. The lowest BCUT2D eigenvalue weighted by Gasteiger charge is -2.32. The number of nitrogens with one attached hydrogen (secondary N) is 1. The maximum absolute atomic E-state index is 12.7. The number of nitrogens with zero attached hydrogens (tertiary/aromatic N) is 4. The van der Waals surface area contributed by atoms with Crippen molar-refractivity contribution in [3.63, 3.8) is 0 Å². The van der Waals surface area contributed by atoms with Crippen LogP contribution in [-0.4, -0.2) is 50.9 Å². The second-order valence-corrected chi connectivity index (χ2v) is 7.47. The van der Waals surface area contributed by atoms with Gasteiger partial charge < -0.3 is 5.32 Å². The molecule has 24 heavy (non-hydrogen) atoms. The van der Waals surface area contributed by atoms with Crippen molar-refractivity contribution in [2.75, 3.05) is 13.1 Å². The first-order valence-corrected chi connectivity index (χ1v) is 9.34. The predicted octanol–water partition coefficient (Wildman–Crippen LogP) is 2.27. The molecule has 126 valence electrons. The van der Waals surface area contributed by atoms with Crippen LogP contribution in [0.2, 0.25) is 0 Å². The van der Waals surface area contributed by atoms with Crippen molar-refractivity contribution in [3.8, 4) is 10.8 Å². The molecular weight excluding hydrogens is 322 g/mol. The minimum Gasteiger partial charge on any atom is -0.347 e. The van der Waals surface area contributed by atoms with Crippen LogP contribution in [0, 0.1) is 6.92 Å². The fourth-order valence-electron chi connectivity index (χ4n) is 3.76. The molecule has 7 heteroatoms. The highest BCUT2D eigenvalue weighted by molar-refractivity contribution is 7.17. The first kappa shape index (κ1) is 15.7. The van der Waals surface area contributed by atoms with Gasteiger partial charge in [-0.3, -0.25) is 9.69 Å². The Balaban J connectivity index is 1.50. The van der Waals surface area contributed by atoms with Crippen molar-refractivity contribution in [3.05, 3.63) is 29.0 Å². The summed E-state index contributed by atoms with van der Waals surface area (Å²) in [6, 6.07) is 2.54. The average molecular weight is 343 g/mol. The van der Waals surface area contributed by atoms with Crippen LogP contribution in [0.3, 0.4) is 0 Å². The molecular formula is C17H21N5OS. The minimum absolute atomic E-state index is 0.00963. The normalized spacial score (nSPS) is 23.9. The van der Waals surface area contributed by atoms with E-state index in [4.69, 9.17) is 0 Å². The third-order valence-electron chi connectivity index (χ3n) is 4.93. The van der Waals surface area contributed by atoms with Crippen LogP contribution in [0.25, 0.3) is 10.8 Å². The molecule has 2 atom stereocenters. The standard InChI is InChI=1S/C17H21N5OS/c1-11-14(24-17(20-11)15-18-7-4-8-19-15)16(23)21-12-6-10-22-9-3-2-5-13(12)22/h4,7-8,12-13H,2-3,5-6,9-10H2,1H3,(H,21,23)/t12-,13-/m1/s1. The zero-order valence-electron chi connectivity index (χ0n) is 13.7. The van der Waals surface area contributed by atoms with Gasteiger partial charge in [0.25, 0.3) is 5.91 Å². The van der Waals surface area contributed by atoms with E-state index >= 15 is 0 Å². The number of rotatable bonds is 3. The Morgan fingerprint density at radius 1 is 1.25 bits per heavy atom.